The summed E-state index contributed by atoms with van der Waals surface area (Å²) in [6, 6.07) is 0. The Hall–Kier alpha value is -2.07. The summed E-state index contributed by atoms with van der Waals surface area (Å²) in [5.41, 5.74) is 0. The van der Waals surface area contributed by atoms with Crippen LogP contribution in [0.1, 0.15) is 155 Å². The number of carbonyl (C=O) groups excluding carboxylic acids is 2. The van der Waals surface area contributed by atoms with Gasteiger partial charge in [-0.1, -0.05) is 133 Å². The van der Waals surface area contributed by atoms with E-state index in [4.69, 9.17) is 19.1 Å². The van der Waals surface area contributed by atoms with Crippen molar-refractivity contribution < 1.29 is 47.8 Å². The van der Waals surface area contributed by atoms with Crippen molar-refractivity contribution in [3.8, 4) is 0 Å². The van der Waals surface area contributed by atoms with E-state index in [1.165, 1.54) is 57.8 Å². The maximum Gasteiger partial charge on any atom is 0.472 e. The SMILES string of the molecule is CCCCC/C=C/C/C=C/C/C=C/C/C=C/CCCCCC(=O)OC[C@@H](COP(=O)(O)OC[C@H](O)CO)OC(=O)CCCCCCCCCCC. The van der Waals surface area contributed by atoms with Crippen LogP contribution in [0.15, 0.2) is 48.6 Å². The summed E-state index contributed by atoms with van der Waals surface area (Å²) in [6.45, 7) is 2.27. The molecule has 11 heteroatoms. The Bertz CT molecular complexity index is 994. The normalized spacial score (nSPS) is 14.5. The molecule has 1 unspecified atom stereocenters. The first kappa shape index (κ1) is 48.9. The van der Waals surface area contributed by atoms with Crippen LogP contribution in [-0.4, -0.2) is 65.7 Å². The van der Waals surface area contributed by atoms with E-state index in [0.29, 0.717) is 12.8 Å². The highest BCUT2D eigenvalue weighted by molar-refractivity contribution is 7.47. The highest BCUT2D eigenvalue weighted by atomic mass is 31.2. The van der Waals surface area contributed by atoms with E-state index < -0.39 is 51.8 Å². The van der Waals surface area contributed by atoms with Gasteiger partial charge in [-0.3, -0.25) is 18.6 Å². The molecule has 0 rings (SSSR count). The van der Waals surface area contributed by atoms with Crippen molar-refractivity contribution >= 4 is 19.8 Å². The van der Waals surface area contributed by atoms with Gasteiger partial charge in [0.2, 0.25) is 0 Å². The molecule has 0 aromatic rings. The third-order valence-electron chi connectivity index (χ3n) is 7.99. The lowest BCUT2D eigenvalue weighted by Crippen LogP contribution is -2.29. The van der Waals surface area contributed by atoms with Crippen LogP contribution in [0.3, 0.4) is 0 Å². The van der Waals surface area contributed by atoms with Gasteiger partial charge in [0.15, 0.2) is 6.10 Å². The molecule has 51 heavy (non-hydrogen) atoms. The number of unbranched alkanes of at least 4 members (excludes halogenated alkanes) is 14. The molecule has 0 saturated heterocycles. The zero-order valence-corrected chi connectivity index (χ0v) is 32.7. The molecule has 0 spiro atoms. The second-order valence-electron chi connectivity index (χ2n) is 13.0. The molecular weight excluding hydrogens is 671 g/mol. The lowest BCUT2D eigenvalue weighted by molar-refractivity contribution is -0.161. The minimum Gasteiger partial charge on any atom is -0.462 e. The summed E-state index contributed by atoms with van der Waals surface area (Å²) in [5, 5.41) is 18.3. The first-order valence-corrected chi connectivity index (χ1v) is 21.1. The third kappa shape index (κ3) is 36.1. The molecule has 0 amide bonds. The fourth-order valence-corrected chi connectivity index (χ4v) is 5.71. The van der Waals surface area contributed by atoms with Crippen molar-refractivity contribution in [3.05, 3.63) is 48.6 Å². The number of carbonyl (C=O) groups is 2. The molecule has 296 valence electrons. The molecule has 0 heterocycles. The summed E-state index contributed by atoms with van der Waals surface area (Å²) in [5.74, 6) is -0.967. The van der Waals surface area contributed by atoms with Gasteiger partial charge in [-0.25, -0.2) is 4.57 Å². The Kier molecular flexibility index (Phi) is 34.8. The Balaban J connectivity index is 4.36. The van der Waals surface area contributed by atoms with Crippen molar-refractivity contribution in [1.82, 2.24) is 0 Å². The second-order valence-corrected chi connectivity index (χ2v) is 14.4. The molecule has 0 aliphatic heterocycles. The third-order valence-corrected chi connectivity index (χ3v) is 8.94. The monoisotopic (exact) mass is 742 g/mol. The van der Waals surface area contributed by atoms with Crippen LogP contribution in [0.4, 0.5) is 0 Å². The van der Waals surface area contributed by atoms with Crippen LogP contribution in [0.2, 0.25) is 0 Å². The number of aliphatic hydroxyl groups excluding tert-OH is 2. The van der Waals surface area contributed by atoms with Gasteiger partial charge in [-0.05, 0) is 57.8 Å². The van der Waals surface area contributed by atoms with Crippen molar-refractivity contribution in [2.45, 2.75) is 167 Å². The van der Waals surface area contributed by atoms with E-state index in [1.807, 2.05) is 0 Å². The van der Waals surface area contributed by atoms with Gasteiger partial charge in [-0.2, -0.15) is 0 Å². The first-order chi connectivity index (χ1) is 24.7. The zero-order chi connectivity index (χ0) is 37.7. The van der Waals surface area contributed by atoms with E-state index in [1.54, 1.807) is 0 Å². The average Bonchev–Trinajstić information content (AvgIpc) is 3.12. The van der Waals surface area contributed by atoms with E-state index in [2.05, 4.69) is 67.0 Å². The molecule has 0 aromatic heterocycles. The Morgan fingerprint density at radius 3 is 1.57 bits per heavy atom. The van der Waals surface area contributed by atoms with Gasteiger partial charge in [0.05, 0.1) is 19.8 Å². The smallest absolute Gasteiger partial charge is 0.462 e. The van der Waals surface area contributed by atoms with E-state index in [-0.39, 0.29) is 19.4 Å². The minimum absolute atomic E-state index is 0.176. The highest BCUT2D eigenvalue weighted by Crippen LogP contribution is 2.43. The van der Waals surface area contributed by atoms with Gasteiger partial charge in [0, 0.05) is 12.8 Å². The van der Waals surface area contributed by atoms with E-state index in [9.17, 15) is 24.2 Å². The number of rotatable bonds is 36. The molecule has 0 aromatic carbocycles. The largest absolute Gasteiger partial charge is 0.472 e. The first-order valence-electron chi connectivity index (χ1n) is 19.6. The number of ether oxygens (including phenoxy) is 2. The van der Waals surface area contributed by atoms with Crippen LogP contribution in [0.5, 0.6) is 0 Å². The van der Waals surface area contributed by atoms with Crippen molar-refractivity contribution in [1.29, 1.82) is 0 Å². The molecular formula is C40H71O10P. The number of phosphoric ester groups is 1. The number of hydrogen-bond donors (Lipinski definition) is 3. The summed E-state index contributed by atoms with van der Waals surface area (Å²) in [7, 11) is -4.62. The van der Waals surface area contributed by atoms with Crippen molar-refractivity contribution in [3.63, 3.8) is 0 Å². The standard InChI is InChI=1S/C40H71O10P/c1-3-5-7-9-11-13-14-15-16-17-18-19-20-21-22-24-25-27-29-31-39(43)47-35-38(36-49-51(45,46)48-34-37(42)33-41)50-40(44)32-30-28-26-23-12-10-8-6-4-2/h11,13,15-16,18-19,21-22,37-38,41-42H,3-10,12,14,17,20,23-36H2,1-2H3,(H,45,46)/b13-11+,16-15+,19-18+,22-21+/t37-,38+/m1/s1. The fraction of sp³-hybridized carbons (Fsp3) is 0.750. The molecule has 0 fully saturated rings. The average molecular weight is 743 g/mol. The maximum atomic E-state index is 12.5. The fourth-order valence-electron chi connectivity index (χ4n) is 4.92. The quantitative estimate of drug-likeness (QED) is 0.0245. The summed E-state index contributed by atoms with van der Waals surface area (Å²) >= 11 is 0. The second kappa shape index (κ2) is 36.3. The maximum absolute atomic E-state index is 12.5. The van der Waals surface area contributed by atoms with Gasteiger partial charge in [0.1, 0.15) is 12.7 Å². The molecule has 0 aliphatic carbocycles. The Morgan fingerprint density at radius 1 is 0.588 bits per heavy atom. The van der Waals surface area contributed by atoms with Gasteiger partial charge in [-0.15, -0.1) is 0 Å². The molecule has 3 N–H and O–H groups in total. The minimum atomic E-state index is -4.62. The molecule has 10 nitrogen and oxygen atoms in total. The van der Waals surface area contributed by atoms with Gasteiger partial charge < -0.3 is 24.6 Å². The van der Waals surface area contributed by atoms with Gasteiger partial charge in [0.25, 0.3) is 0 Å². The van der Waals surface area contributed by atoms with Crippen LogP contribution >= 0.6 is 7.82 Å². The predicted molar refractivity (Wildman–Crippen MR) is 205 cm³/mol. The Morgan fingerprint density at radius 2 is 1.02 bits per heavy atom. The summed E-state index contributed by atoms with van der Waals surface area (Å²) < 4.78 is 32.5. The predicted octanol–water partition coefficient (Wildman–Crippen LogP) is 9.78. The van der Waals surface area contributed by atoms with Crippen LogP contribution in [0.25, 0.3) is 0 Å². The van der Waals surface area contributed by atoms with Crippen molar-refractivity contribution in [2.75, 3.05) is 26.4 Å². The van der Waals surface area contributed by atoms with Crippen LogP contribution in [0, 0.1) is 0 Å². The number of hydrogen-bond acceptors (Lipinski definition) is 9. The van der Waals surface area contributed by atoms with Gasteiger partial charge >= 0.3 is 19.8 Å². The molecule has 0 radical (unpaired) electrons. The molecule has 3 atom stereocenters. The van der Waals surface area contributed by atoms with E-state index in [0.717, 1.165) is 57.8 Å². The Labute approximate surface area is 309 Å². The zero-order valence-electron chi connectivity index (χ0n) is 31.8. The van der Waals surface area contributed by atoms with Crippen molar-refractivity contribution in [2.24, 2.45) is 0 Å². The molecule has 0 bridgehead atoms. The highest BCUT2D eigenvalue weighted by Gasteiger charge is 2.27. The number of aliphatic hydroxyl groups is 2. The molecule has 0 saturated carbocycles. The number of phosphoric acid groups is 1. The number of esters is 2. The van der Waals surface area contributed by atoms with E-state index >= 15 is 0 Å². The lowest BCUT2D eigenvalue weighted by Gasteiger charge is -2.20. The number of allylic oxidation sites excluding steroid dienone is 8. The van der Waals surface area contributed by atoms with Crippen LogP contribution in [-0.2, 0) is 32.7 Å². The van der Waals surface area contributed by atoms with Crippen LogP contribution < -0.4 is 0 Å². The topological polar surface area (TPSA) is 149 Å². The molecule has 0 aliphatic rings. The summed E-state index contributed by atoms with van der Waals surface area (Å²) in [4.78, 5) is 34.8. The lowest BCUT2D eigenvalue weighted by atomic mass is 10.1. The summed E-state index contributed by atoms with van der Waals surface area (Å²) in [6.07, 6.45) is 36.6.